The van der Waals surface area contributed by atoms with E-state index < -0.39 is 6.04 Å². The monoisotopic (exact) mass is 458 g/mol. The van der Waals surface area contributed by atoms with Crippen LogP contribution in [-0.4, -0.2) is 35.9 Å². The molecule has 0 aliphatic carbocycles. The van der Waals surface area contributed by atoms with Gasteiger partial charge in [-0.05, 0) is 36.6 Å². The van der Waals surface area contributed by atoms with Crippen LogP contribution in [0.4, 0.5) is 0 Å². The lowest BCUT2D eigenvalue weighted by Gasteiger charge is -2.31. The number of rotatable bonds is 12. The molecule has 0 aromatic heterocycles. The number of nitrogens with zero attached hydrogens (tertiary/aromatic N) is 1. The van der Waals surface area contributed by atoms with Crippen molar-refractivity contribution in [1.29, 1.82) is 0 Å². The van der Waals surface area contributed by atoms with Crippen LogP contribution in [0.1, 0.15) is 36.5 Å². The molecule has 5 nitrogen and oxygen atoms in total. The second-order valence-electron chi connectivity index (χ2n) is 8.46. The van der Waals surface area contributed by atoms with Gasteiger partial charge in [0.1, 0.15) is 11.8 Å². The van der Waals surface area contributed by atoms with E-state index in [4.69, 9.17) is 4.74 Å². The van der Waals surface area contributed by atoms with E-state index in [9.17, 15) is 9.59 Å². The average molecular weight is 459 g/mol. The molecule has 178 valence electrons. The molecule has 3 rings (SSSR count). The molecular weight excluding hydrogens is 424 g/mol. The van der Waals surface area contributed by atoms with Crippen molar-refractivity contribution in [1.82, 2.24) is 10.2 Å². The highest BCUT2D eigenvalue weighted by atomic mass is 16.5. The highest BCUT2D eigenvalue weighted by Gasteiger charge is 2.30. The van der Waals surface area contributed by atoms with Crippen LogP contribution in [0.5, 0.6) is 5.75 Å². The van der Waals surface area contributed by atoms with Gasteiger partial charge in [0.25, 0.3) is 5.91 Å². The van der Waals surface area contributed by atoms with Gasteiger partial charge in [-0.3, -0.25) is 9.59 Å². The van der Waals surface area contributed by atoms with Gasteiger partial charge >= 0.3 is 0 Å². The number of benzene rings is 3. The first-order chi connectivity index (χ1) is 16.6. The highest BCUT2D eigenvalue weighted by molar-refractivity contribution is 5.88. The minimum absolute atomic E-state index is 0.136. The molecule has 0 bridgehead atoms. The molecule has 3 aromatic carbocycles. The van der Waals surface area contributed by atoms with E-state index >= 15 is 0 Å². The van der Waals surface area contributed by atoms with E-state index in [0.29, 0.717) is 25.3 Å². The fourth-order valence-electron chi connectivity index (χ4n) is 3.81. The van der Waals surface area contributed by atoms with Crippen LogP contribution >= 0.6 is 0 Å². The van der Waals surface area contributed by atoms with Crippen molar-refractivity contribution in [2.75, 3.05) is 13.2 Å². The van der Waals surface area contributed by atoms with Crippen LogP contribution in [-0.2, 0) is 22.6 Å². The first kappa shape index (κ1) is 25.0. The predicted molar refractivity (Wildman–Crippen MR) is 136 cm³/mol. The molecule has 0 radical (unpaired) electrons. The quantitative estimate of drug-likeness (QED) is 0.392. The van der Waals surface area contributed by atoms with Crippen LogP contribution in [0.2, 0.25) is 0 Å². The van der Waals surface area contributed by atoms with Crippen molar-refractivity contribution >= 4 is 11.8 Å². The van der Waals surface area contributed by atoms with Gasteiger partial charge in [0.05, 0.1) is 0 Å². The molecule has 2 amide bonds. The zero-order valence-electron chi connectivity index (χ0n) is 20.1. The van der Waals surface area contributed by atoms with Crippen LogP contribution in [0, 0.1) is 6.92 Å². The summed E-state index contributed by atoms with van der Waals surface area (Å²) in [7, 11) is 0. The van der Waals surface area contributed by atoms with Crippen molar-refractivity contribution in [2.45, 2.75) is 45.7 Å². The topological polar surface area (TPSA) is 58.6 Å². The molecule has 0 aliphatic heterocycles. The molecule has 0 heterocycles. The number of hydrogen-bond donors (Lipinski definition) is 1. The summed E-state index contributed by atoms with van der Waals surface area (Å²) in [5.74, 6) is 0.258. The Bertz CT molecular complexity index is 1040. The van der Waals surface area contributed by atoms with Crippen molar-refractivity contribution in [3.8, 4) is 5.75 Å². The van der Waals surface area contributed by atoms with Crippen LogP contribution in [0.25, 0.3) is 0 Å². The fraction of sp³-hybridized carbons (Fsp3) is 0.310. The van der Waals surface area contributed by atoms with Gasteiger partial charge in [0.2, 0.25) is 5.91 Å². The minimum atomic E-state index is -0.647. The summed E-state index contributed by atoms with van der Waals surface area (Å²) in [5.41, 5.74) is 3.09. The molecule has 0 unspecified atom stereocenters. The van der Waals surface area contributed by atoms with Crippen molar-refractivity contribution < 1.29 is 14.3 Å². The number of aryl methyl sites for hydroxylation is 1. The van der Waals surface area contributed by atoms with E-state index in [1.807, 2.05) is 91.9 Å². The number of hydrogen-bond acceptors (Lipinski definition) is 3. The summed E-state index contributed by atoms with van der Waals surface area (Å²) in [6, 6.07) is 26.5. The molecule has 1 atom stereocenters. The molecule has 0 fully saturated rings. The third kappa shape index (κ3) is 7.77. The van der Waals surface area contributed by atoms with Gasteiger partial charge in [0, 0.05) is 19.5 Å². The second-order valence-corrected chi connectivity index (χ2v) is 8.46. The molecular formula is C29H34N2O3. The molecule has 0 aliphatic rings. The number of ether oxygens (including phenoxy) is 1. The summed E-state index contributed by atoms with van der Waals surface area (Å²) in [6.45, 7) is 4.89. The van der Waals surface area contributed by atoms with E-state index in [-0.39, 0.29) is 18.4 Å². The lowest BCUT2D eigenvalue weighted by atomic mass is 10.0. The Morgan fingerprint density at radius 3 is 2.26 bits per heavy atom. The predicted octanol–water partition coefficient (Wildman–Crippen LogP) is 4.93. The summed E-state index contributed by atoms with van der Waals surface area (Å²) in [5, 5.41) is 3.04. The smallest absolute Gasteiger partial charge is 0.261 e. The summed E-state index contributed by atoms with van der Waals surface area (Å²) in [4.78, 5) is 28.5. The minimum Gasteiger partial charge on any atom is -0.484 e. The molecule has 0 saturated carbocycles. The van der Waals surface area contributed by atoms with Crippen LogP contribution in [0.3, 0.4) is 0 Å². The van der Waals surface area contributed by atoms with Crippen LogP contribution in [0.15, 0.2) is 84.9 Å². The lowest BCUT2D eigenvalue weighted by Crippen LogP contribution is -2.51. The Labute approximate surface area is 202 Å². The molecule has 5 heteroatoms. The maximum Gasteiger partial charge on any atom is 0.261 e. The standard InChI is InChI=1S/C29H34N2O3/c1-3-4-18-30-29(33)27(20-24-13-7-5-8-14-24)31(21-25-15-11-12-23(2)19-25)28(32)22-34-26-16-9-6-10-17-26/h5-17,19,27H,3-4,18,20-22H2,1-2H3,(H,30,33)/t27-/m1/s1. The first-order valence-corrected chi connectivity index (χ1v) is 11.9. The van der Waals surface area contributed by atoms with Crippen molar-refractivity contribution in [3.05, 3.63) is 102 Å². The Morgan fingerprint density at radius 2 is 1.59 bits per heavy atom. The normalized spacial score (nSPS) is 11.5. The number of amides is 2. The summed E-state index contributed by atoms with van der Waals surface area (Å²) in [6.07, 6.45) is 2.31. The lowest BCUT2D eigenvalue weighted by molar-refractivity contribution is -0.142. The molecule has 3 aromatic rings. The van der Waals surface area contributed by atoms with Gasteiger partial charge < -0.3 is 15.0 Å². The van der Waals surface area contributed by atoms with Gasteiger partial charge in [-0.2, -0.15) is 0 Å². The second kappa shape index (κ2) is 13.2. The Hall–Kier alpha value is -3.60. The summed E-state index contributed by atoms with van der Waals surface area (Å²) >= 11 is 0. The zero-order valence-corrected chi connectivity index (χ0v) is 20.1. The third-order valence-electron chi connectivity index (χ3n) is 5.64. The van der Waals surface area contributed by atoms with Gasteiger partial charge in [-0.25, -0.2) is 0 Å². The number of carbonyl (C=O) groups excluding carboxylic acids is 2. The molecule has 0 spiro atoms. The number of unbranched alkanes of at least 4 members (excludes halogenated alkanes) is 1. The Morgan fingerprint density at radius 1 is 0.912 bits per heavy atom. The fourth-order valence-corrected chi connectivity index (χ4v) is 3.81. The van der Waals surface area contributed by atoms with E-state index in [1.54, 1.807) is 4.90 Å². The number of para-hydroxylation sites is 1. The van der Waals surface area contributed by atoms with Crippen molar-refractivity contribution in [3.63, 3.8) is 0 Å². The van der Waals surface area contributed by atoms with Crippen LogP contribution < -0.4 is 10.1 Å². The Kier molecular flexibility index (Phi) is 9.71. The SMILES string of the molecule is CCCCNC(=O)[C@@H](Cc1ccccc1)N(Cc1cccc(C)c1)C(=O)COc1ccccc1. The Balaban J connectivity index is 1.87. The number of carbonyl (C=O) groups is 2. The van der Waals surface area contributed by atoms with Crippen molar-refractivity contribution in [2.24, 2.45) is 0 Å². The molecule has 0 saturated heterocycles. The van der Waals surface area contributed by atoms with E-state index in [0.717, 1.165) is 29.5 Å². The first-order valence-electron chi connectivity index (χ1n) is 11.9. The highest BCUT2D eigenvalue weighted by Crippen LogP contribution is 2.17. The third-order valence-corrected chi connectivity index (χ3v) is 5.64. The molecule has 34 heavy (non-hydrogen) atoms. The maximum absolute atomic E-state index is 13.5. The van der Waals surface area contributed by atoms with E-state index in [1.165, 1.54) is 0 Å². The van der Waals surface area contributed by atoms with E-state index in [2.05, 4.69) is 12.2 Å². The van der Waals surface area contributed by atoms with Gasteiger partial charge in [-0.1, -0.05) is 91.7 Å². The largest absolute Gasteiger partial charge is 0.484 e. The maximum atomic E-state index is 13.5. The molecule has 1 N–H and O–H groups in total. The summed E-state index contributed by atoms with van der Waals surface area (Å²) < 4.78 is 5.77. The van der Waals surface area contributed by atoms with Gasteiger partial charge in [-0.15, -0.1) is 0 Å². The zero-order chi connectivity index (χ0) is 24.2. The van der Waals surface area contributed by atoms with Gasteiger partial charge in [0.15, 0.2) is 6.61 Å². The number of nitrogens with one attached hydrogen (secondary N) is 1. The average Bonchev–Trinajstić information content (AvgIpc) is 2.86.